The van der Waals surface area contributed by atoms with E-state index >= 15 is 0 Å². The molecule has 0 bridgehead atoms. The van der Waals surface area contributed by atoms with Gasteiger partial charge < -0.3 is 14.5 Å². The van der Waals surface area contributed by atoms with Gasteiger partial charge in [0, 0.05) is 37.4 Å². The number of piperazine rings is 1. The lowest BCUT2D eigenvalue weighted by Gasteiger charge is -2.34. The Balaban J connectivity index is 1.64. The first kappa shape index (κ1) is 21.9. The number of rotatable bonds is 6. The predicted octanol–water partition coefficient (Wildman–Crippen LogP) is 4.84. The fourth-order valence-electron chi connectivity index (χ4n) is 4.30. The quantitative estimate of drug-likeness (QED) is 0.381. The SMILES string of the molecule is CCCCOc1ccc(Cl)c(-c2nnc3c(C)nc4ccc(N5CCN(C)CC5)cc4n23)c1. The van der Waals surface area contributed by atoms with Crippen molar-refractivity contribution in [3.8, 4) is 17.1 Å². The molecule has 0 aliphatic carbocycles. The first-order chi connectivity index (χ1) is 16.0. The first-order valence-corrected chi connectivity index (χ1v) is 11.9. The van der Waals surface area contributed by atoms with Gasteiger partial charge >= 0.3 is 0 Å². The molecule has 0 radical (unpaired) electrons. The van der Waals surface area contributed by atoms with Gasteiger partial charge in [0.15, 0.2) is 11.5 Å². The molecule has 0 N–H and O–H groups in total. The number of hydrogen-bond acceptors (Lipinski definition) is 6. The summed E-state index contributed by atoms with van der Waals surface area (Å²) in [6.45, 7) is 8.91. The Labute approximate surface area is 198 Å². The highest BCUT2D eigenvalue weighted by Gasteiger charge is 2.20. The minimum absolute atomic E-state index is 0.616. The summed E-state index contributed by atoms with van der Waals surface area (Å²) in [4.78, 5) is 9.57. The van der Waals surface area contributed by atoms with E-state index in [4.69, 9.17) is 21.3 Å². The molecule has 2 aromatic carbocycles. The van der Waals surface area contributed by atoms with Crippen LogP contribution in [0.2, 0.25) is 5.02 Å². The lowest BCUT2D eigenvalue weighted by atomic mass is 10.1. The fraction of sp³-hybridized carbons (Fsp3) is 0.400. The van der Waals surface area contributed by atoms with Gasteiger partial charge in [-0.25, -0.2) is 4.98 Å². The molecular formula is C25H29ClN6O. The molecule has 1 aliphatic rings. The maximum absolute atomic E-state index is 6.64. The lowest BCUT2D eigenvalue weighted by Crippen LogP contribution is -2.44. The van der Waals surface area contributed by atoms with E-state index in [1.165, 1.54) is 5.69 Å². The summed E-state index contributed by atoms with van der Waals surface area (Å²) in [7, 11) is 2.17. The summed E-state index contributed by atoms with van der Waals surface area (Å²) in [5, 5.41) is 9.63. The number of aromatic nitrogens is 4. The van der Waals surface area contributed by atoms with Gasteiger partial charge in [-0.3, -0.25) is 4.40 Å². The molecule has 0 atom stereocenters. The lowest BCUT2D eigenvalue weighted by molar-refractivity contribution is 0.309. The molecule has 8 heteroatoms. The Morgan fingerprint density at radius 3 is 2.64 bits per heavy atom. The van der Waals surface area contributed by atoms with E-state index in [-0.39, 0.29) is 0 Å². The van der Waals surface area contributed by atoms with E-state index in [0.29, 0.717) is 17.5 Å². The maximum atomic E-state index is 6.64. The number of nitrogens with zero attached hydrogens (tertiary/aromatic N) is 6. The van der Waals surface area contributed by atoms with Crippen LogP contribution < -0.4 is 9.64 Å². The van der Waals surface area contributed by atoms with E-state index in [1.807, 2.05) is 25.1 Å². The molecule has 7 nitrogen and oxygen atoms in total. The second-order valence-electron chi connectivity index (χ2n) is 8.69. The van der Waals surface area contributed by atoms with Crippen molar-refractivity contribution in [1.29, 1.82) is 0 Å². The summed E-state index contributed by atoms with van der Waals surface area (Å²) in [6.07, 6.45) is 2.10. The third-order valence-electron chi connectivity index (χ3n) is 6.29. The topological polar surface area (TPSA) is 58.8 Å². The first-order valence-electron chi connectivity index (χ1n) is 11.6. The Bertz CT molecular complexity index is 1300. The average molecular weight is 465 g/mol. The molecular weight excluding hydrogens is 436 g/mol. The third-order valence-corrected chi connectivity index (χ3v) is 6.62. The zero-order valence-corrected chi connectivity index (χ0v) is 20.1. The van der Waals surface area contributed by atoms with Crippen LogP contribution in [-0.2, 0) is 0 Å². The van der Waals surface area contributed by atoms with E-state index in [2.05, 4.69) is 56.6 Å². The van der Waals surface area contributed by atoms with E-state index in [9.17, 15) is 0 Å². The van der Waals surface area contributed by atoms with Crippen molar-refractivity contribution in [2.24, 2.45) is 0 Å². The molecule has 1 saturated heterocycles. The monoisotopic (exact) mass is 464 g/mol. The largest absolute Gasteiger partial charge is 0.494 e. The van der Waals surface area contributed by atoms with Crippen LogP contribution in [0.1, 0.15) is 25.5 Å². The van der Waals surface area contributed by atoms with Gasteiger partial charge in [-0.1, -0.05) is 24.9 Å². The molecule has 4 aromatic rings. The molecule has 0 unspecified atom stereocenters. The van der Waals surface area contributed by atoms with Crippen molar-refractivity contribution >= 4 is 34.0 Å². The molecule has 0 saturated carbocycles. The minimum Gasteiger partial charge on any atom is -0.494 e. The third kappa shape index (κ3) is 4.23. The van der Waals surface area contributed by atoms with Crippen molar-refractivity contribution in [2.75, 3.05) is 44.7 Å². The number of aryl methyl sites for hydroxylation is 1. The van der Waals surface area contributed by atoms with Gasteiger partial charge in [0.1, 0.15) is 5.75 Å². The molecule has 1 aliphatic heterocycles. The summed E-state index contributed by atoms with van der Waals surface area (Å²) in [6, 6.07) is 12.2. The molecule has 5 rings (SSSR count). The van der Waals surface area contributed by atoms with Crippen LogP contribution in [0.25, 0.3) is 28.1 Å². The predicted molar refractivity (Wildman–Crippen MR) is 134 cm³/mol. The maximum Gasteiger partial charge on any atom is 0.183 e. The Kier molecular flexibility index (Phi) is 6.08. The second-order valence-corrected chi connectivity index (χ2v) is 9.09. The van der Waals surface area contributed by atoms with E-state index in [0.717, 1.165) is 72.7 Å². The van der Waals surface area contributed by atoms with E-state index < -0.39 is 0 Å². The van der Waals surface area contributed by atoms with Crippen molar-refractivity contribution in [3.05, 3.63) is 47.1 Å². The van der Waals surface area contributed by atoms with Crippen molar-refractivity contribution < 1.29 is 4.74 Å². The molecule has 2 aromatic heterocycles. The number of benzene rings is 2. The number of anilines is 1. The smallest absolute Gasteiger partial charge is 0.183 e. The molecule has 3 heterocycles. The van der Waals surface area contributed by atoms with Crippen LogP contribution >= 0.6 is 11.6 Å². The van der Waals surface area contributed by atoms with Crippen LogP contribution in [0.15, 0.2) is 36.4 Å². The fourth-order valence-corrected chi connectivity index (χ4v) is 4.50. The highest BCUT2D eigenvalue weighted by molar-refractivity contribution is 6.33. The Morgan fingerprint density at radius 1 is 1.03 bits per heavy atom. The summed E-state index contributed by atoms with van der Waals surface area (Å²) in [5.74, 6) is 1.48. The molecule has 172 valence electrons. The minimum atomic E-state index is 0.616. The van der Waals surface area contributed by atoms with Gasteiger partial charge in [0.2, 0.25) is 0 Å². The number of hydrogen-bond donors (Lipinski definition) is 0. The van der Waals surface area contributed by atoms with Crippen LogP contribution in [-0.4, -0.2) is 64.3 Å². The van der Waals surface area contributed by atoms with Crippen molar-refractivity contribution in [1.82, 2.24) is 24.5 Å². The van der Waals surface area contributed by atoms with Gasteiger partial charge in [0.25, 0.3) is 0 Å². The van der Waals surface area contributed by atoms with Crippen molar-refractivity contribution in [2.45, 2.75) is 26.7 Å². The van der Waals surface area contributed by atoms with Crippen LogP contribution in [0, 0.1) is 6.92 Å². The van der Waals surface area contributed by atoms with Crippen LogP contribution in [0.3, 0.4) is 0 Å². The number of fused-ring (bicyclic) bond motifs is 3. The van der Waals surface area contributed by atoms with Gasteiger partial charge in [-0.2, -0.15) is 0 Å². The molecule has 0 spiro atoms. The highest BCUT2D eigenvalue weighted by atomic mass is 35.5. The van der Waals surface area contributed by atoms with Gasteiger partial charge in [-0.05, 0) is 56.8 Å². The number of unbranched alkanes of at least 4 members (excludes halogenated alkanes) is 1. The molecule has 33 heavy (non-hydrogen) atoms. The molecule has 1 fully saturated rings. The summed E-state index contributed by atoms with van der Waals surface area (Å²) >= 11 is 6.64. The standard InChI is InChI=1S/C25H29ClN6O/c1-4-5-14-33-19-7-8-21(26)20(16-19)25-29-28-24-17(2)27-22-9-6-18(15-23(22)32(24)25)31-12-10-30(3)11-13-31/h6-9,15-16H,4-5,10-14H2,1-3H3. The number of halogens is 1. The normalized spacial score (nSPS) is 15.0. The van der Waals surface area contributed by atoms with Crippen LogP contribution in [0.4, 0.5) is 5.69 Å². The molecule has 0 amide bonds. The van der Waals surface area contributed by atoms with Gasteiger partial charge in [-0.15, -0.1) is 10.2 Å². The summed E-state index contributed by atoms with van der Waals surface area (Å²) in [5.41, 5.74) is 5.44. The van der Waals surface area contributed by atoms with Gasteiger partial charge in [0.05, 0.1) is 28.4 Å². The Hall–Kier alpha value is -2.90. The Morgan fingerprint density at radius 2 is 1.85 bits per heavy atom. The zero-order valence-electron chi connectivity index (χ0n) is 19.4. The zero-order chi connectivity index (χ0) is 22.9. The van der Waals surface area contributed by atoms with E-state index in [1.54, 1.807) is 0 Å². The number of ether oxygens (including phenoxy) is 1. The van der Waals surface area contributed by atoms with Crippen LogP contribution in [0.5, 0.6) is 5.75 Å². The van der Waals surface area contributed by atoms with Crippen molar-refractivity contribution in [3.63, 3.8) is 0 Å². The average Bonchev–Trinajstić information content (AvgIpc) is 3.27. The second kappa shape index (κ2) is 9.15. The highest BCUT2D eigenvalue weighted by Crippen LogP contribution is 2.33. The summed E-state index contributed by atoms with van der Waals surface area (Å²) < 4.78 is 8.01. The number of likely N-dealkylation sites (N-methyl/N-ethyl adjacent to an activating group) is 1.